The van der Waals surface area contributed by atoms with E-state index >= 15 is 0 Å². The fourth-order valence-electron chi connectivity index (χ4n) is 2.56. The highest BCUT2D eigenvalue weighted by atomic mass is 16.3. The summed E-state index contributed by atoms with van der Waals surface area (Å²) in [7, 11) is 0. The second kappa shape index (κ2) is 4.16. The van der Waals surface area contributed by atoms with Gasteiger partial charge in [-0.05, 0) is 25.0 Å². The maximum absolute atomic E-state index is 5.43. The minimum Gasteiger partial charge on any atom is -0.461 e. The highest BCUT2D eigenvalue weighted by Crippen LogP contribution is 2.31. The first kappa shape index (κ1) is 9.70. The highest BCUT2D eigenvalue weighted by molar-refractivity contribution is 5.47. The van der Waals surface area contributed by atoms with Crippen molar-refractivity contribution < 1.29 is 4.42 Å². The molecule has 0 spiro atoms. The van der Waals surface area contributed by atoms with Crippen LogP contribution in [-0.4, -0.2) is 9.55 Å². The maximum Gasteiger partial charge on any atom is 0.176 e. The Morgan fingerprint density at radius 1 is 1.25 bits per heavy atom. The lowest BCUT2D eigenvalue weighted by molar-refractivity contribution is 0.353. The van der Waals surface area contributed by atoms with Crippen molar-refractivity contribution in [2.75, 3.05) is 0 Å². The van der Waals surface area contributed by atoms with Crippen molar-refractivity contribution in [3.63, 3.8) is 0 Å². The number of nitrogens with zero attached hydrogens (tertiary/aromatic N) is 2. The quantitative estimate of drug-likeness (QED) is 0.767. The summed E-state index contributed by atoms with van der Waals surface area (Å²) in [5.74, 6) is 1.84. The lowest BCUT2D eigenvalue weighted by Gasteiger charge is -2.24. The zero-order valence-electron chi connectivity index (χ0n) is 9.30. The minimum absolute atomic E-state index is 0.608. The summed E-state index contributed by atoms with van der Waals surface area (Å²) in [4.78, 5) is 4.40. The maximum atomic E-state index is 5.43. The van der Waals surface area contributed by atoms with Crippen molar-refractivity contribution >= 4 is 0 Å². The van der Waals surface area contributed by atoms with Crippen LogP contribution in [0.4, 0.5) is 0 Å². The highest BCUT2D eigenvalue weighted by Gasteiger charge is 2.19. The first-order valence-electron chi connectivity index (χ1n) is 6.02. The summed E-state index contributed by atoms with van der Waals surface area (Å²) in [5, 5.41) is 0. The lowest BCUT2D eigenvalue weighted by Crippen LogP contribution is -2.12. The molecule has 0 unspecified atom stereocenters. The normalized spacial score (nSPS) is 17.8. The van der Waals surface area contributed by atoms with E-state index in [1.165, 1.54) is 32.1 Å². The molecule has 0 radical (unpaired) electrons. The van der Waals surface area contributed by atoms with E-state index in [0.29, 0.717) is 6.04 Å². The molecule has 0 aliphatic heterocycles. The van der Waals surface area contributed by atoms with Gasteiger partial charge in [-0.15, -0.1) is 0 Å². The molecule has 16 heavy (non-hydrogen) atoms. The van der Waals surface area contributed by atoms with Crippen molar-refractivity contribution in [2.24, 2.45) is 0 Å². The zero-order valence-corrected chi connectivity index (χ0v) is 9.30. The lowest BCUT2D eigenvalue weighted by atomic mass is 9.95. The predicted molar refractivity (Wildman–Crippen MR) is 62.1 cm³/mol. The van der Waals surface area contributed by atoms with Gasteiger partial charge in [-0.1, -0.05) is 19.3 Å². The van der Waals surface area contributed by atoms with E-state index in [9.17, 15) is 0 Å². The molecule has 1 saturated carbocycles. The number of hydrogen-bond acceptors (Lipinski definition) is 2. The van der Waals surface area contributed by atoms with E-state index in [4.69, 9.17) is 4.42 Å². The Bertz CT molecular complexity index is 438. The van der Waals surface area contributed by atoms with Crippen molar-refractivity contribution in [1.29, 1.82) is 0 Å². The van der Waals surface area contributed by atoms with E-state index in [0.717, 1.165) is 11.6 Å². The molecule has 3 heteroatoms. The van der Waals surface area contributed by atoms with Crippen LogP contribution >= 0.6 is 0 Å². The van der Waals surface area contributed by atoms with E-state index < -0.39 is 0 Å². The van der Waals surface area contributed by atoms with Gasteiger partial charge in [0.25, 0.3) is 0 Å². The fraction of sp³-hybridized carbons (Fsp3) is 0.462. The molecule has 0 atom stereocenters. The van der Waals surface area contributed by atoms with Gasteiger partial charge in [0.2, 0.25) is 0 Å². The van der Waals surface area contributed by atoms with Gasteiger partial charge < -0.3 is 8.98 Å². The summed E-state index contributed by atoms with van der Waals surface area (Å²) in [5.41, 5.74) is 0. The van der Waals surface area contributed by atoms with Gasteiger partial charge in [0, 0.05) is 18.4 Å². The van der Waals surface area contributed by atoms with E-state index in [1.54, 1.807) is 6.26 Å². The standard InChI is InChI=1S/C13H16N2O/c1-2-5-11(6-3-1)15-9-8-14-13(15)12-7-4-10-16-12/h4,7-11H,1-3,5-6H2. The van der Waals surface area contributed by atoms with Crippen LogP contribution in [0.25, 0.3) is 11.6 Å². The summed E-state index contributed by atoms with van der Waals surface area (Å²) in [6.07, 6.45) is 12.2. The monoisotopic (exact) mass is 216 g/mol. The van der Waals surface area contributed by atoms with Gasteiger partial charge in [-0.3, -0.25) is 0 Å². The van der Waals surface area contributed by atoms with Crippen molar-refractivity contribution in [1.82, 2.24) is 9.55 Å². The van der Waals surface area contributed by atoms with Gasteiger partial charge in [0.1, 0.15) is 0 Å². The Kier molecular flexibility index (Phi) is 2.52. The van der Waals surface area contributed by atoms with Crippen LogP contribution in [-0.2, 0) is 0 Å². The van der Waals surface area contributed by atoms with Crippen molar-refractivity contribution in [2.45, 2.75) is 38.1 Å². The molecule has 1 aliphatic rings. The van der Waals surface area contributed by atoms with Crippen LogP contribution in [0.1, 0.15) is 38.1 Å². The zero-order chi connectivity index (χ0) is 10.8. The number of hydrogen-bond donors (Lipinski definition) is 0. The fourth-order valence-corrected chi connectivity index (χ4v) is 2.56. The first-order chi connectivity index (χ1) is 7.95. The molecule has 3 rings (SSSR count). The Hall–Kier alpha value is -1.51. The van der Waals surface area contributed by atoms with Crippen molar-refractivity contribution in [3.8, 4) is 11.6 Å². The number of furan rings is 1. The molecule has 0 saturated heterocycles. The summed E-state index contributed by atoms with van der Waals surface area (Å²) >= 11 is 0. The largest absolute Gasteiger partial charge is 0.461 e. The molecule has 3 nitrogen and oxygen atoms in total. The third kappa shape index (κ3) is 1.66. The molecule has 2 aromatic rings. The molecule has 1 fully saturated rings. The molecule has 1 aliphatic carbocycles. The Morgan fingerprint density at radius 3 is 2.88 bits per heavy atom. The predicted octanol–water partition coefficient (Wildman–Crippen LogP) is 3.65. The van der Waals surface area contributed by atoms with E-state index in [-0.39, 0.29) is 0 Å². The van der Waals surface area contributed by atoms with Gasteiger partial charge in [-0.25, -0.2) is 4.98 Å². The van der Waals surface area contributed by atoms with Crippen LogP contribution in [0, 0.1) is 0 Å². The van der Waals surface area contributed by atoms with Crippen LogP contribution in [0.3, 0.4) is 0 Å². The van der Waals surface area contributed by atoms with Gasteiger partial charge in [0.15, 0.2) is 11.6 Å². The number of imidazole rings is 1. The van der Waals surface area contributed by atoms with Crippen LogP contribution in [0.5, 0.6) is 0 Å². The smallest absolute Gasteiger partial charge is 0.176 e. The molecule has 0 aromatic carbocycles. The number of aromatic nitrogens is 2. The molecule has 2 heterocycles. The molecular formula is C13H16N2O. The number of rotatable bonds is 2. The summed E-state index contributed by atoms with van der Waals surface area (Å²) in [6.45, 7) is 0. The molecule has 84 valence electrons. The Balaban J connectivity index is 1.92. The van der Waals surface area contributed by atoms with Gasteiger partial charge in [-0.2, -0.15) is 0 Å². The topological polar surface area (TPSA) is 31.0 Å². The average molecular weight is 216 g/mol. The second-order valence-corrected chi connectivity index (χ2v) is 4.43. The first-order valence-corrected chi connectivity index (χ1v) is 6.02. The molecule has 2 aromatic heterocycles. The van der Waals surface area contributed by atoms with E-state index in [2.05, 4.69) is 15.7 Å². The second-order valence-electron chi connectivity index (χ2n) is 4.43. The van der Waals surface area contributed by atoms with Gasteiger partial charge >= 0.3 is 0 Å². The molecular weight excluding hydrogens is 200 g/mol. The van der Waals surface area contributed by atoms with E-state index in [1.807, 2.05) is 18.3 Å². The third-order valence-electron chi connectivity index (χ3n) is 3.38. The van der Waals surface area contributed by atoms with Crippen LogP contribution < -0.4 is 0 Å². The summed E-state index contributed by atoms with van der Waals surface area (Å²) in [6, 6.07) is 4.49. The van der Waals surface area contributed by atoms with Gasteiger partial charge in [0.05, 0.1) is 6.26 Å². The van der Waals surface area contributed by atoms with Crippen molar-refractivity contribution in [3.05, 3.63) is 30.8 Å². The molecule has 0 N–H and O–H groups in total. The SMILES string of the molecule is c1coc(-c2nccn2C2CCCCC2)c1. The Labute approximate surface area is 95.1 Å². The molecule has 0 amide bonds. The third-order valence-corrected chi connectivity index (χ3v) is 3.38. The Morgan fingerprint density at radius 2 is 2.12 bits per heavy atom. The average Bonchev–Trinajstić information content (AvgIpc) is 3.01. The molecule has 0 bridgehead atoms. The summed E-state index contributed by atoms with van der Waals surface area (Å²) < 4.78 is 7.70. The van der Waals surface area contributed by atoms with Crippen LogP contribution in [0.2, 0.25) is 0 Å². The minimum atomic E-state index is 0.608. The van der Waals surface area contributed by atoms with Crippen LogP contribution in [0.15, 0.2) is 35.2 Å².